The zero-order valence-electron chi connectivity index (χ0n) is 13.1. The molecule has 1 aromatic heterocycles. The molecule has 6 nitrogen and oxygen atoms in total. The Kier molecular flexibility index (Phi) is 4.81. The van der Waals surface area contributed by atoms with Gasteiger partial charge in [-0.05, 0) is 22.9 Å². The number of tetrazole rings is 1. The maximum atomic E-state index is 12.6. The van der Waals surface area contributed by atoms with Gasteiger partial charge >= 0.3 is 6.18 Å². The molecule has 1 saturated heterocycles. The van der Waals surface area contributed by atoms with E-state index in [1.54, 1.807) is 0 Å². The summed E-state index contributed by atoms with van der Waals surface area (Å²) in [6.07, 6.45) is -4.36. The third kappa shape index (κ3) is 4.09. The van der Waals surface area contributed by atoms with Crippen LogP contribution in [0.2, 0.25) is 0 Å². The molecule has 1 fully saturated rings. The summed E-state index contributed by atoms with van der Waals surface area (Å²) in [5, 5.41) is 10.6. The lowest BCUT2D eigenvalue weighted by Crippen LogP contribution is -2.43. The van der Waals surface area contributed by atoms with E-state index in [0.29, 0.717) is 13.2 Å². The summed E-state index contributed by atoms with van der Waals surface area (Å²) in [5.41, 5.74) is 1.05. The molecule has 0 bridgehead atoms. The van der Waals surface area contributed by atoms with Gasteiger partial charge in [0.2, 0.25) is 0 Å². The van der Waals surface area contributed by atoms with Crippen LogP contribution in [-0.4, -0.2) is 50.5 Å². The zero-order chi connectivity index (χ0) is 17.2. The lowest BCUT2D eigenvalue weighted by atomic mass is 10.0. The molecule has 1 aliphatic rings. The smallest absolute Gasteiger partial charge is 0.375 e. The zero-order valence-corrected chi connectivity index (χ0v) is 13.1. The highest BCUT2D eigenvalue weighted by atomic mass is 19.4. The fourth-order valence-electron chi connectivity index (χ4n) is 2.84. The van der Waals surface area contributed by atoms with E-state index in [-0.39, 0.29) is 24.5 Å². The van der Waals surface area contributed by atoms with E-state index in [2.05, 4.69) is 20.4 Å². The summed E-state index contributed by atoms with van der Waals surface area (Å²) >= 11 is 0. The average Bonchev–Trinajstić information content (AvgIpc) is 2.93. The molecule has 24 heavy (non-hydrogen) atoms. The maximum Gasteiger partial charge on any atom is 0.408 e. The minimum atomic E-state index is -4.36. The molecule has 0 spiro atoms. The molecule has 0 N–H and O–H groups in total. The van der Waals surface area contributed by atoms with Crippen LogP contribution in [0.5, 0.6) is 0 Å². The Bertz CT molecular complexity index is 661. The van der Waals surface area contributed by atoms with Crippen molar-refractivity contribution in [2.75, 3.05) is 13.2 Å². The van der Waals surface area contributed by atoms with Crippen molar-refractivity contribution < 1.29 is 17.9 Å². The molecule has 2 aromatic rings. The van der Waals surface area contributed by atoms with Gasteiger partial charge in [-0.2, -0.15) is 13.2 Å². The van der Waals surface area contributed by atoms with Gasteiger partial charge in [-0.15, -0.1) is 5.10 Å². The number of rotatable bonds is 4. The van der Waals surface area contributed by atoms with Crippen LogP contribution in [0, 0.1) is 0 Å². The summed E-state index contributed by atoms with van der Waals surface area (Å²) in [4.78, 5) is 2.06. The quantitative estimate of drug-likeness (QED) is 0.853. The highest BCUT2D eigenvalue weighted by molar-refractivity contribution is 5.19. The summed E-state index contributed by atoms with van der Waals surface area (Å²) in [6.45, 7) is 2.05. The van der Waals surface area contributed by atoms with Gasteiger partial charge in [0.25, 0.3) is 0 Å². The monoisotopic (exact) mass is 341 g/mol. The predicted molar refractivity (Wildman–Crippen MR) is 78.9 cm³/mol. The summed E-state index contributed by atoms with van der Waals surface area (Å²) in [7, 11) is 0. The van der Waals surface area contributed by atoms with Crippen LogP contribution in [0.1, 0.15) is 24.4 Å². The van der Waals surface area contributed by atoms with Gasteiger partial charge in [-0.25, -0.2) is 4.68 Å². The highest BCUT2D eigenvalue weighted by Gasteiger charge is 2.33. The van der Waals surface area contributed by atoms with Gasteiger partial charge < -0.3 is 4.74 Å². The lowest BCUT2D eigenvalue weighted by molar-refractivity contribution is -0.143. The molecular weight excluding hydrogens is 323 g/mol. The van der Waals surface area contributed by atoms with Crippen molar-refractivity contribution >= 4 is 0 Å². The highest BCUT2D eigenvalue weighted by Crippen LogP contribution is 2.27. The van der Waals surface area contributed by atoms with Crippen molar-refractivity contribution in [1.29, 1.82) is 0 Å². The van der Waals surface area contributed by atoms with Crippen LogP contribution >= 0.6 is 0 Å². The van der Waals surface area contributed by atoms with E-state index in [0.717, 1.165) is 10.2 Å². The topological polar surface area (TPSA) is 56.1 Å². The van der Waals surface area contributed by atoms with E-state index >= 15 is 0 Å². The van der Waals surface area contributed by atoms with Crippen LogP contribution in [-0.2, 0) is 17.8 Å². The first-order valence-corrected chi connectivity index (χ1v) is 7.65. The van der Waals surface area contributed by atoms with Crippen molar-refractivity contribution in [1.82, 2.24) is 25.1 Å². The number of hydrogen-bond donors (Lipinski definition) is 0. The standard InChI is InChI=1S/C15H18F3N5O/c1-11-7-22(13(9-24-11)12-5-3-2-4-6-12)8-14-19-20-21-23(14)10-15(16,17)18/h2-6,11,13H,7-10H2,1H3/t11-,13+/m0/s1. The second-order valence-electron chi connectivity index (χ2n) is 5.87. The molecule has 2 atom stereocenters. The first kappa shape index (κ1) is 16.8. The van der Waals surface area contributed by atoms with Gasteiger partial charge in [0.05, 0.1) is 25.3 Å². The average molecular weight is 341 g/mol. The van der Waals surface area contributed by atoms with Crippen LogP contribution in [0.3, 0.4) is 0 Å². The van der Waals surface area contributed by atoms with E-state index in [1.807, 2.05) is 37.3 Å². The molecular formula is C15H18F3N5O. The molecule has 1 aromatic carbocycles. The number of morpholine rings is 1. The van der Waals surface area contributed by atoms with Gasteiger partial charge in [0.1, 0.15) is 6.54 Å². The minimum Gasteiger partial charge on any atom is -0.375 e. The first-order chi connectivity index (χ1) is 11.4. The van der Waals surface area contributed by atoms with Crippen LogP contribution in [0.25, 0.3) is 0 Å². The van der Waals surface area contributed by atoms with Crippen LogP contribution < -0.4 is 0 Å². The molecule has 0 amide bonds. The molecule has 0 radical (unpaired) electrons. The summed E-state index contributed by atoms with van der Waals surface area (Å²) in [5.74, 6) is 0.197. The molecule has 1 aliphatic heterocycles. The minimum absolute atomic E-state index is 0.00286. The van der Waals surface area contributed by atoms with Crippen molar-refractivity contribution in [3.05, 3.63) is 41.7 Å². The SMILES string of the molecule is C[C@H]1CN(Cc2nnnn2CC(F)(F)F)[C@@H](c2ccccc2)CO1. The van der Waals surface area contributed by atoms with Crippen LogP contribution in [0.15, 0.2) is 30.3 Å². The Morgan fingerprint density at radius 1 is 1.25 bits per heavy atom. The fraction of sp³-hybridized carbons (Fsp3) is 0.533. The second-order valence-corrected chi connectivity index (χ2v) is 5.87. The largest absolute Gasteiger partial charge is 0.408 e. The van der Waals surface area contributed by atoms with Crippen LogP contribution in [0.4, 0.5) is 13.2 Å². The predicted octanol–water partition coefficient (Wildman–Crippen LogP) is 2.20. The Balaban J connectivity index is 1.80. The molecule has 3 rings (SSSR count). The number of nitrogens with zero attached hydrogens (tertiary/aromatic N) is 5. The molecule has 130 valence electrons. The lowest BCUT2D eigenvalue weighted by Gasteiger charge is -2.38. The van der Waals surface area contributed by atoms with Crippen molar-refractivity contribution in [3.63, 3.8) is 0 Å². The summed E-state index contributed by atoms with van der Waals surface area (Å²) in [6, 6.07) is 9.70. The Hall–Kier alpha value is -2.00. The number of benzene rings is 1. The van der Waals surface area contributed by atoms with Crippen molar-refractivity contribution in [2.45, 2.75) is 38.3 Å². The molecule has 2 heterocycles. The number of ether oxygens (including phenoxy) is 1. The second kappa shape index (κ2) is 6.86. The first-order valence-electron chi connectivity index (χ1n) is 7.65. The van der Waals surface area contributed by atoms with Gasteiger partial charge in [-0.3, -0.25) is 4.90 Å². The normalized spacial score (nSPS) is 22.7. The van der Waals surface area contributed by atoms with Gasteiger partial charge in [0.15, 0.2) is 5.82 Å². The molecule has 9 heteroatoms. The summed E-state index contributed by atoms with van der Waals surface area (Å²) < 4.78 is 44.4. The maximum absolute atomic E-state index is 12.6. The van der Waals surface area contributed by atoms with Crippen molar-refractivity contribution in [3.8, 4) is 0 Å². The Labute approximate surface area is 137 Å². The number of halogens is 3. The van der Waals surface area contributed by atoms with Crippen molar-refractivity contribution in [2.24, 2.45) is 0 Å². The number of hydrogen-bond acceptors (Lipinski definition) is 5. The number of alkyl halides is 3. The van der Waals surface area contributed by atoms with E-state index in [9.17, 15) is 13.2 Å². The fourth-order valence-corrected chi connectivity index (χ4v) is 2.84. The third-order valence-electron chi connectivity index (χ3n) is 3.93. The molecule has 0 saturated carbocycles. The molecule has 0 unspecified atom stereocenters. The van der Waals surface area contributed by atoms with E-state index < -0.39 is 12.7 Å². The van der Waals surface area contributed by atoms with Gasteiger partial charge in [0, 0.05) is 6.54 Å². The molecule has 0 aliphatic carbocycles. The third-order valence-corrected chi connectivity index (χ3v) is 3.93. The van der Waals surface area contributed by atoms with Gasteiger partial charge in [-0.1, -0.05) is 30.3 Å². The van der Waals surface area contributed by atoms with E-state index in [1.165, 1.54) is 0 Å². The van der Waals surface area contributed by atoms with E-state index in [4.69, 9.17) is 4.74 Å². The Morgan fingerprint density at radius 2 is 2.00 bits per heavy atom. The number of aromatic nitrogens is 4. The Morgan fingerprint density at radius 3 is 2.71 bits per heavy atom.